The van der Waals surface area contributed by atoms with Gasteiger partial charge in [0.15, 0.2) is 5.71 Å². The third-order valence-electron chi connectivity index (χ3n) is 9.03. The summed E-state index contributed by atoms with van der Waals surface area (Å²) in [6.45, 7) is 10.5. The first kappa shape index (κ1) is 28.7. The van der Waals surface area contributed by atoms with Crippen LogP contribution in [0.5, 0.6) is 0 Å². The van der Waals surface area contributed by atoms with Crippen LogP contribution in [-0.4, -0.2) is 55.7 Å². The summed E-state index contributed by atoms with van der Waals surface area (Å²) in [5.74, 6) is 1.10. The van der Waals surface area contributed by atoms with Gasteiger partial charge in [-0.25, -0.2) is 0 Å². The Morgan fingerprint density at radius 2 is 1.60 bits per heavy atom. The lowest BCUT2D eigenvalue weighted by Gasteiger charge is -2.25. The summed E-state index contributed by atoms with van der Waals surface area (Å²) in [7, 11) is 8.76. The van der Waals surface area contributed by atoms with Crippen LogP contribution in [0.4, 0.5) is 11.4 Å². The summed E-state index contributed by atoms with van der Waals surface area (Å²) in [4.78, 5) is 6.15. The van der Waals surface area contributed by atoms with E-state index in [0.717, 1.165) is 25.1 Å². The zero-order valence-electron chi connectivity index (χ0n) is 25.7. The molecule has 0 spiro atoms. The molecule has 210 valence electrons. The predicted molar refractivity (Wildman–Crippen MR) is 175 cm³/mol. The van der Waals surface area contributed by atoms with Gasteiger partial charge in [-0.15, -0.1) is 11.8 Å². The fourth-order valence-corrected chi connectivity index (χ4v) is 8.07. The second kappa shape index (κ2) is 11.2. The lowest BCUT2D eigenvalue weighted by molar-refractivity contribution is -0.401. The van der Waals surface area contributed by atoms with Crippen LogP contribution in [0, 0.1) is 0 Å². The molecule has 0 N–H and O–H groups in total. The Morgan fingerprint density at radius 1 is 0.900 bits per heavy atom. The molecule has 0 atom stereocenters. The molecule has 0 bridgehead atoms. The topological polar surface area (TPSA) is 9.49 Å². The Labute approximate surface area is 246 Å². The fraction of sp³-hybridized carbons (Fsp3) is 0.417. The molecular weight excluding hydrogens is 506 g/mol. The smallest absolute Gasteiger partial charge is 0.209 e. The maximum atomic E-state index is 2.43. The summed E-state index contributed by atoms with van der Waals surface area (Å²) >= 11 is 2.04. The van der Waals surface area contributed by atoms with Gasteiger partial charge in [-0.2, -0.15) is 4.58 Å². The lowest BCUT2D eigenvalue weighted by Crippen LogP contribution is -2.26. The van der Waals surface area contributed by atoms with Crippen LogP contribution in [0.3, 0.4) is 0 Å². The minimum atomic E-state index is -0.00790. The molecule has 4 heteroatoms. The van der Waals surface area contributed by atoms with E-state index in [4.69, 9.17) is 0 Å². The van der Waals surface area contributed by atoms with E-state index < -0.39 is 0 Å². The minimum absolute atomic E-state index is 0.00790. The van der Waals surface area contributed by atoms with Gasteiger partial charge >= 0.3 is 0 Å². The molecule has 2 aromatic carbocycles. The van der Waals surface area contributed by atoms with E-state index in [1.807, 2.05) is 11.8 Å². The summed E-state index contributed by atoms with van der Waals surface area (Å²) < 4.78 is 2.38. The van der Waals surface area contributed by atoms with Crippen LogP contribution in [0.2, 0.25) is 0 Å². The zero-order chi connectivity index (χ0) is 28.7. The molecule has 0 aromatic heterocycles. The monoisotopic (exact) mass is 552 g/mol. The largest absolute Gasteiger partial charge is 0.347 e. The van der Waals surface area contributed by atoms with Gasteiger partial charge in [-0.05, 0) is 76.1 Å². The van der Waals surface area contributed by atoms with Crippen molar-refractivity contribution >= 4 is 28.8 Å². The van der Waals surface area contributed by atoms with E-state index in [1.165, 1.54) is 56.4 Å². The molecule has 1 aliphatic carbocycles. The Balaban J connectivity index is 1.51. The first-order valence-electron chi connectivity index (χ1n) is 14.7. The SMILES string of the molecule is CN(C)CCSC1=C(/C=C/C2=[N+](C)c3ccccc3C2(C)C)CCC/C1=C\C=C1\N(C)c2ccccc2C1(C)C. The van der Waals surface area contributed by atoms with Crippen molar-refractivity contribution in [2.75, 3.05) is 45.4 Å². The van der Waals surface area contributed by atoms with Gasteiger partial charge in [0.05, 0.1) is 5.41 Å². The molecule has 0 radical (unpaired) electrons. The number of nitrogens with zero attached hydrogens (tertiary/aromatic N) is 3. The molecular formula is C36H46N3S+. The second-order valence-corrected chi connectivity index (χ2v) is 13.8. The Morgan fingerprint density at radius 3 is 2.30 bits per heavy atom. The molecule has 0 unspecified atom stereocenters. The van der Waals surface area contributed by atoms with Crippen LogP contribution in [-0.2, 0) is 10.8 Å². The highest BCUT2D eigenvalue weighted by Gasteiger charge is 2.42. The maximum absolute atomic E-state index is 2.43. The minimum Gasteiger partial charge on any atom is -0.347 e. The van der Waals surface area contributed by atoms with E-state index in [0.29, 0.717) is 0 Å². The normalized spacial score (nSPS) is 21.9. The van der Waals surface area contributed by atoms with Gasteiger partial charge in [-0.1, -0.05) is 62.4 Å². The van der Waals surface area contributed by atoms with Crippen LogP contribution in [0.15, 0.2) is 94.6 Å². The van der Waals surface area contributed by atoms with Gasteiger partial charge in [0.1, 0.15) is 7.05 Å². The summed E-state index contributed by atoms with van der Waals surface area (Å²) in [6, 6.07) is 17.7. The molecule has 0 saturated carbocycles. The highest BCUT2D eigenvalue weighted by atomic mass is 32.2. The molecule has 0 amide bonds. The molecule has 2 aliphatic heterocycles. The predicted octanol–water partition coefficient (Wildman–Crippen LogP) is 8.22. The highest BCUT2D eigenvalue weighted by molar-refractivity contribution is 8.03. The number of allylic oxidation sites excluding steroid dienone is 7. The molecule has 0 saturated heterocycles. The standard InChI is InChI=1S/C36H46N3S/c1-35(2)28-16-9-11-18-30(28)38(7)32(35)22-20-26-14-13-15-27(34(26)40-25-24-37(5)6)21-23-33-36(3,4)29-17-10-12-19-31(29)39(33)8/h9-12,16-23H,13-15,24-25H2,1-8H3/q+1. The van der Waals surface area contributed by atoms with E-state index in [9.17, 15) is 0 Å². The van der Waals surface area contributed by atoms with Crippen molar-refractivity contribution in [1.82, 2.24) is 4.90 Å². The molecule has 2 aromatic rings. The van der Waals surface area contributed by atoms with Crippen LogP contribution in [0.25, 0.3) is 0 Å². The second-order valence-electron chi connectivity index (χ2n) is 12.7. The third-order valence-corrected chi connectivity index (χ3v) is 10.2. The van der Waals surface area contributed by atoms with Gasteiger partial charge in [0, 0.05) is 58.8 Å². The number of fused-ring (bicyclic) bond motifs is 2. The van der Waals surface area contributed by atoms with Crippen molar-refractivity contribution in [2.24, 2.45) is 0 Å². The van der Waals surface area contributed by atoms with Crippen molar-refractivity contribution in [3.63, 3.8) is 0 Å². The fourth-order valence-electron chi connectivity index (χ4n) is 6.70. The van der Waals surface area contributed by atoms with Crippen molar-refractivity contribution in [3.8, 4) is 0 Å². The van der Waals surface area contributed by atoms with Crippen molar-refractivity contribution in [1.29, 1.82) is 0 Å². The summed E-state index contributed by atoms with van der Waals surface area (Å²) in [6.07, 6.45) is 13.1. The number of hydrogen-bond acceptors (Lipinski definition) is 3. The Bertz CT molecular complexity index is 1450. The lowest BCUT2D eigenvalue weighted by atomic mass is 9.81. The van der Waals surface area contributed by atoms with Gasteiger partial charge in [0.2, 0.25) is 5.69 Å². The molecule has 5 rings (SSSR count). The number of para-hydroxylation sites is 2. The van der Waals surface area contributed by atoms with Crippen molar-refractivity contribution in [2.45, 2.75) is 57.8 Å². The summed E-state index contributed by atoms with van der Waals surface area (Å²) in [5, 5.41) is 0. The highest BCUT2D eigenvalue weighted by Crippen LogP contribution is 2.47. The number of likely N-dealkylation sites (N-methyl/N-ethyl adjacent to an activating group) is 1. The van der Waals surface area contributed by atoms with E-state index in [-0.39, 0.29) is 10.8 Å². The van der Waals surface area contributed by atoms with Crippen LogP contribution < -0.4 is 4.90 Å². The average molecular weight is 553 g/mol. The van der Waals surface area contributed by atoms with E-state index >= 15 is 0 Å². The van der Waals surface area contributed by atoms with Gasteiger partial charge < -0.3 is 9.80 Å². The first-order valence-corrected chi connectivity index (χ1v) is 15.7. The molecule has 3 nitrogen and oxygen atoms in total. The molecule has 3 aliphatic rings. The van der Waals surface area contributed by atoms with Gasteiger partial charge in [0.25, 0.3) is 0 Å². The number of anilines is 1. The number of hydrogen-bond donors (Lipinski definition) is 0. The van der Waals surface area contributed by atoms with E-state index in [2.05, 4.69) is 143 Å². The summed E-state index contributed by atoms with van der Waals surface area (Å²) in [5.41, 5.74) is 11.1. The Kier molecular flexibility index (Phi) is 8.05. The molecule has 40 heavy (non-hydrogen) atoms. The maximum Gasteiger partial charge on any atom is 0.209 e. The quantitative estimate of drug-likeness (QED) is 0.320. The van der Waals surface area contributed by atoms with Gasteiger partial charge in [-0.3, -0.25) is 0 Å². The van der Waals surface area contributed by atoms with Crippen molar-refractivity contribution < 1.29 is 4.58 Å². The van der Waals surface area contributed by atoms with Crippen molar-refractivity contribution in [3.05, 3.63) is 106 Å². The number of rotatable bonds is 7. The average Bonchev–Trinajstić information content (AvgIpc) is 3.24. The Hall–Kier alpha value is -2.82. The number of thioether (sulfide) groups is 1. The zero-order valence-corrected chi connectivity index (χ0v) is 26.5. The van der Waals surface area contributed by atoms with Crippen LogP contribution in [0.1, 0.15) is 58.1 Å². The first-order chi connectivity index (χ1) is 19.0. The molecule has 2 heterocycles. The van der Waals surface area contributed by atoms with E-state index in [1.54, 1.807) is 0 Å². The third kappa shape index (κ3) is 5.17. The van der Waals surface area contributed by atoms with Crippen LogP contribution >= 0.6 is 11.8 Å². The molecule has 0 fully saturated rings. The number of benzene rings is 2.